The Morgan fingerprint density at radius 3 is 2.67 bits per heavy atom. The van der Waals surface area contributed by atoms with Crippen LogP contribution in [-0.2, 0) is 4.74 Å². The van der Waals surface area contributed by atoms with Crippen molar-refractivity contribution in [3.05, 3.63) is 30.3 Å². The lowest BCUT2D eigenvalue weighted by Crippen LogP contribution is -2.40. The second kappa shape index (κ2) is 7.46. The summed E-state index contributed by atoms with van der Waals surface area (Å²) in [6.07, 6.45) is 6.47. The quantitative estimate of drug-likeness (QED) is 0.685. The number of anilines is 1. The van der Waals surface area contributed by atoms with Crippen LogP contribution >= 0.6 is 0 Å². The van der Waals surface area contributed by atoms with Crippen LogP contribution in [0.2, 0.25) is 0 Å². The van der Waals surface area contributed by atoms with Gasteiger partial charge in [0.2, 0.25) is 0 Å². The summed E-state index contributed by atoms with van der Waals surface area (Å²) in [5, 5.41) is 3.49. The highest BCUT2D eigenvalue weighted by atomic mass is 16.5. The zero-order chi connectivity index (χ0) is 14.3. The molecule has 1 N–H and O–H groups in total. The van der Waals surface area contributed by atoms with Gasteiger partial charge in [0.1, 0.15) is 0 Å². The predicted molar refractivity (Wildman–Crippen MR) is 86.8 cm³/mol. The minimum Gasteiger partial charge on any atom is -0.376 e. The molecule has 2 saturated heterocycles. The molecule has 114 valence electrons. The predicted octanol–water partition coefficient (Wildman–Crippen LogP) is 3.12. The number of hydrogen-bond acceptors (Lipinski definition) is 2. The standard InChI is InChI=1S/C17H25N3O/c1-3-8-15(9-4-1)19-17(20-11-5-2-6-12-20)18-14-16-10-7-13-21-16/h1,3-4,8-9,16H,2,5-7,10-14H2,(H,18,19). The minimum absolute atomic E-state index is 0.308. The van der Waals surface area contributed by atoms with Gasteiger partial charge in [-0.15, -0.1) is 0 Å². The molecule has 4 heteroatoms. The summed E-state index contributed by atoms with van der Waals surface area (Å²) in [4.78, 5) is 7.21. The van der Waals surface area contributed by atoms with Crippen LogP contribution in [0, 0.1) is 0 Å². The lowest BCUT2D eigenvalue weighted by atomic mass is 10.1. The van der Waals surface area contributed by atoms with Crippen molar-refractivity contribution in [1.29, 1.82) is 0 Å². The lowest BCUT2D eigenvalue weighted by molar-refractivity contribution is 0.117. The zero-order valence-corrected chi connectivity index (χ0v) is 12.6. The van der Waals surface area contributed by atoms with Crippen molar-refractivity contribution < 1.29 is 4.74 Å². The number of para-hydroxylation sites is 1. The summed E-state index contributed by atoms with van der Waals surface area (Å²) < 4.78 is 5.69. The van der Waals surface area contributed by atoms with Crippen LogP contribution < -0.4 is 5.32 Å². The van der Waals surface area contributed by atoms with E-state index in [0.717, 1.165) is 44.3 Å². The van der Waals surface area contributed by atoms with Gasteiger partial charge in [0, 0.05) is 25.4 Å². The van der Waals surface area contributed by atoms with Gasteiger partial charge in [-0.1, -0.05) is 18.2 Å². The Labute approximate surface area is 127 Å². The van der Waals surface area contributed by atoms with Crippen LogP contribution in [0.5, 0.6) is 0 Å². The SMILES string of the molecule is c1ccc(NC(=NCC2CCCO2)N2CCCCC2)cc1. The lowest BCUT2D eigenvalue weighted by Gasteiger charge is -2.30. The van der Waals surface area contributed by atoms with Crippen LogP contribution in [0.15, 0.2) is 35.3 Å². The molecule has 2 aliphatic rings. The third-order valence-corrected chi connectivity index (χ3v) is 4.15. The van der Waals surface area contributed by atoms with Crippen molar-refractivity contribution in [3.8, 4) is 0 Å². The molecule has 1 atom stereocenters. The number of aliphatic imine (C=N–C) groups is 1. The van der Waals surface area contributed by atoms with Gasteiger partial charge >= 0.3 is 0 Å². The van der Waals surface area contributed by atoms with E-state index < -0.39 is 0 Å². The highest BCUT2D eigenvalue weighted by Crippen LogP contribution is 2.15. The van der Waals surface area contributed by atoms with Crippen molar-refractivity contribution in [1.82, 2.24) is 4.90 Å². The maximum atomic E-state index is 5.69. The van der Waals surface area contributed by atoms with Crippen LogP contribution in [0.4, 0.5) is 5.69 Å². The van der Waals surface area contributed by atoms with E-state index >= 15 is 0 Å². The third kappa shape index (κ3) is 4.21. The van der Waals surface area contributed by atoms with E-state index in [2.05, 4.69) is 34.5 Å². The normalized spacial score (nSPS) is 23.3. The summed E-state index contributed by atoms with van der Waals surface area (Å²) in [7, 11) is 0. The largest absolute Gasteiger partial charge is 0.376 e. The molecular formula is C17H25N3O. The summed E-state index contributed by atoms with van der Waals surface area (Å²) in [6, 6.07) is 10.3. The second-order valence-electron chi connectivity index (χ2n) is 5.84. The number of hydrogen-bond donors (Lipinski definition) is 1. The smallest absolute Gasteiger partial charge is 0.198 e. The molecule has 0 aliphatic carbocycles. The topological polar surface area (TPSA) is 36.9 Å². The van der Waals surface area contributed by atoms with E-state index in [4.69, 9.17) is 9.73 Å². The number of guanidine groups is 1. The second-order valence-corrected chi connectivity index (χ2v) is 5.84. The molecule has 0 amide bonds. The highest BCUT2D eigenvalue weighted by Gasteiger charge is 2.18. The Morgan fingerprint density at radius 2 is 1.95 bits per heavy atom. The molecular weight excluding hydrogens is 262 g/mol. The molecule has 1 aromatic carbocycles. The number of rotatable bonds is 3. The molecule has 3 rings (SSSR count). The monoisotopic (exact) mass is 287 g/mol. The number of nitrogens with one attached hydrogen (secondary N) is 1. The van der Waals surface area contributed by atoms with Gasteiger partial charge in [0.05, 0.1) is 12.6 Å². The molecule has 1 unspecified atom stereocenters. The fraction of sp³-hybridized carbons (Fsp3) is 0.588. The first-order chi connectivity index (χ1) is 10.4. The van der Waals surface area contributed by atoms with E-state index in [-0.39, 0.29) is 0 Å². The number of benzene rings is 1. The van der Waals surface area contributed by atoms with E-state index in [1.807, 2.05) is 6.07 Å². The van der Waals surface area contributed by atoms with E-state index in [0.29, 0.717) is 6.10 Å². The van der Waals surface area contributed by atoms with Gasteiger partial charge in [-0.05, 0) is 44.2 Å². The molecule has 4 nitrogen and oxygen atoms in total. The number of nitrogens with zero attached hydrogens (tertiary/aromatic N) is 2. The molecule has 2 fully saturated rings. The number of likely N-dealkylation sites (tertiary alicyclic amines) is 1. The molecule has 2 aliphatic heterocycles. The molecule has 1 aromatic rings. The molecule has 21 heavy (non-hydrogen) atoms. The molecule has 0 saturated carbocycles. The van der Waals surface area contributed by atoms with E-state index in [1.165, 1.54) is 25.7 Å². The molecule has 0 bridgehead atoms. The average molecular weight is 287 g/mol. The van der Waals surface area contributed by atoms with Crippen molar-refractivity contribution in [2.24, 2.45) is 4.99 Å². The first-order valence-corrected chi connectivity index (χ1v) is 8.15. The van der Waals surface area contributed by atoms with E-state index in [1.54, 1.807) is 0 Å². The van der Waals surface area contributed by atoms with Crippen molar-refractivity contribution in [3.63, 3.8) is 0 Å². The fourth-order valence-electron chi connectivity index (χ4n) is 2.95. The van der Waals surface area contributed by atoms with Crippen molar-refractivity contribution in [2.45, 2.75) is 38.2 Å². The zero-order valence-electron chi connectivity index (χ0n) is 12.6. The summed E-state index contributed by atoms with van der Waals surface area (Å²) in [5.74, 6) is 1.01. The van der Waals surface area contributed by atoms with Crippen molar-refractivity contribution in [2.75, 3.05) is 31.6 Å². The molecule has 2 heterocycles. The fourth-order valence-corrected chi connectivity index (χ4v) is 2.95. The Morgan fingerprint density at radius 1 is 1.14 bits per heavy atom. The van der Waals surface area contributed by atoms with E-state index in [9.17, 15) is 0 Å². The summed E-state index contributed by atoms with van der Waals surface area (Å²) >= 11 is 0. The number of ether oxygens (including phenoxy) is 1. The highest BCUT2D eigenvalue weighted by molar-refractivity contribution is 5.93. The molecule has 0 aromatic heterocycles. The van der Waals surface area contributed by atoms with Crippen LogP contribution in [0.25, 0.3) is 0 Å². The van der Waals surface area contributed by atoms with Gasteiger partial charge in [-0.2, -0.15) is 0 Å². The Kier molecular flexibility index (Phi) is 5.11. The van der Waals surface area contributed by atoms with Gasteiger partial charge in [0.15, 0.2) is 5.96 Å². The Balaban J connectivity index is 1.68. The van der Waals surface area contributed by atoms with Gasteiger partial charge in [-0.25, -0.2) is 0 Å². The first-order valence-electron chi connectivity index (χ1n) is 8.15. The van der Waals surface area contributed by atoms with Gasteiger partial charge in [-0.3, -0.25) is 4.99 Å². The Bertz CT molecular complexity index is 448. The summed E-state index contributed by atoms with van der Waals surface area (Å²) in [6.45, 7) is 3.87. The van der Waals surface area contributed by atoms with Crippen molar-refractivity contribution >= 4 is 11.6 Å². The maximum Gasteiger partial charge on any atom is 0.198 e. The van der Waals surface area contributed by atoms with Crippen LogP contribution in [0.1, 0.15) is 32.1 Å². The van der Waals surface area contributed by atoms with Crippen LogP contribution in [-0.4, -0.2) is 43.2 Å². The van der Waals surface area contributed by atoms with Gasteiger partial charge < -0.3 is 15.0 Å². The molecule has 0 radical (unpaired) electrons. The summed E-state index contributed by atoms with van der Waals surface area (Å²) in [5.41, 5.74) is 1.11. The maximum absolute atomic E-state index is 5.69. The third-order valence-electron chi connectivity index (χ3n) is 4.15. The molecule has 0 spiro atoms. The number of piperidine rings is 1. The Hall–Kier alpha value is -1.55. The minimum atomic E-state index is 0.308. The van der Waals surface area contributed by atoms with Crippen LogP contribution in [0.3, 0.4) is 0 Å². The first kappa shape index (κ1) is 14.4. The van der Waals surface area contributed by atoms with Gasteiger partial charge in [0.25, 0.3) is 0 Å². The average Bonchev–Trinajstić information content (AvgIpc) is 3.07.